The maximum Gasteiger partial charge on any atom is 0.188 e. The molecule has 19 nitrogen and oxygen atoms in total. The van der Waals surface area contributed by atoms with Crippen LogP contribution in [0.3, 0.4) is 0 Å². The van der Waals surface area contributed by atoms with Crippen molar-refractivity contribution < 1.29 is 0 Å². The monoisotopic (exact) mass is 1120 g/mol. The molecule has 14 rings (SSSR count). The third-order valence-electron chi connectivity index (χ3n) is 14.9. The summed E-state index contributed by atoms with van der Waals surface area (Å²) in [5, 5.41) is 14.5. The van der Waals surface area contributed by atoms with E-state index in [0.717, 1.165) is 65.9 Å². The Bertz CT molecular complexity index is 4660. The van der Waals surface area contributed by atoms with Crippen LogP contribution in [0.4, 0.5) is 5.69 Å². The zero-order valence-electron chi connectivity index (χ0n) is 47.8. The van der Waals surface area contributed by atoms with E-state index in [-0.39, 0.29) is 11.6 Å². The van der Waals surface area contributed by atoms with Gasteiger partial charge in [-0.3, -0.25) is 0 Å². The average molecular weight is 1120 g/mol. The van der Waals surface area contributed by atoms with Gasteiger partial charge in [0.25, 0.3) is 0 Å². The van der Waals surface area contributed by atoms with E-state index in [0.29, 0.717) is 115 Å². The van der Waals surface area contributed by atoms with Crippen molar-refractivity contribution >= 4 is 49.3 Å². The Morgan fingerprint density at radius 3 is 1.00 bits per heavy atom. The zero-order chi connectivity index (χ0) is 59.1. The van der Waals surface area contributed by atoms with Crippen LogP contribution in [-0.2, 0) is 0 Å². The topological polar surface area (TPSA) is 231 Å². The number of fused-ring (bicyclic) bond motifs is 6. The standard InChI is InChI=1S/C67H47N19/c1-34-70-35(2)75-62(74-34)44-16-21-49-50-22-17-45(63-76-36(3)71-37(4)77-63)29-58(50)85(57(49)28-44)55-25-15-42(33-68)27-53(55)66-82-61(43-13-11-10-12-14-43)83-67(84-66)54-32-48(69-9)20-26-56(54)86-59-30-46(64-78-38(5)72-39(6)79-64)18-23-51(59)52-24-19-47(31-60(52)86)65-80-40(7)73-41(8)81-65/h10-32H,1-8H3. The van der Waals surface area contributed by atoms with Crippen molar-refractivity contribution in [3.63, 3.8) is 0 Å². The molecular weight excluding hydrogens is 1070 g/mol. The van der Waals surface area contributed by atoms with E-state index >= 15 is 0 Å². The summed E-state index contributed by atoms with van der Waals surface area (Å²) in [7, 11) is 0. The molecule has 0 bridgehead atoms. The minimum Gasteiger partial charge on any atom is -0.309 e. The van der Waals surface area contributed by atoms with Crippen molar-refractivity contribution in [2.24, 2.45) is 0 Å². The van der Waals surface area contributed by atoms with Crippen LogP contribution in [0.2, 0.25) is 0 Å². The quantitative estimate of drug-likeness (QED) is 0.122. The molecule has 0 saturated heterocycles. The molecule has 0 spiro atoms. The van der Waals surface area contributed by atoms with E-state index in [1.807, 2.05) is 134 Å². The van der Waals surface area contributed by atoms with Crippen molar-refractivity contribution in [1.82, 2.24) is 83.9 Å². The first-order valence-electron chi connectivity index (χ1n) is 27.6. The SMILES string of the molecule is [C-]#[N+]c1ccc(-n2c3cc(-c4nc(C)nc(C)n4)ccc3c3ccc(-c4nc(C)nc(C)n4)cc32)c(-c2nc(-c3ccccc3)nc(-c3cc(C#N)ccc3-n3c4cc(-c5nc(C)nc(C)n5)ccc4c4ccc(-c5nc(C)nc(C)n5)cc43)n2)c1. The summed E-state index contributed by atoms with van der Waals surface area (Å²) in [6.45, 7) is 23.3. The average Bonchev–Trinajstić information content (AvgIpc) is 1.69. The van der Waals surface area contributed by atoms with E-state index in [2.05, 4.69) is 88.5 Å². The number of aromatic nitrogens is 17. The van der Waals surface area contributed by atoms with Crippen LogP contribution in [0.5, 0.6) is 0 Å². The molecule has 0 amide bonds. The fourth-order valence-corrected chi connectivity index (χ4v) is 11.4. The van der Waals surface area contributed by atoms with Crippen molar-refractivity contribution in [2.45, 2.75) is 55.4 Å². The van der Waals surface area contributed by atoms with Crippen LogP contribution in [0.1, 0.15) is 52.2 Å². The third-order valence-corrected chi connectivity index (χ3v) is 14.9. The molecule has 7 heterocycles. The fraction of sp³-hybridized carbons (Fsp3) is 0.119. The van der Waals surface area contributed by atoms with E-state index in [1.165, 1.54) is 0 Å². The normalized spacial score (nSPS) is 11.5. The lowest BCUT2D eigenvalue weighted by atomic mass is 10.1. The van der Waals surface area contributed by atoms with Gasteiger partial charge in [-0.25, -0.2) is 79.6 Å². The number of nitriles is 1. The molecule has 0 saturated carbocycles. The highest BCUT2D eigenvalue weighted by atomic mass is 15.1. The summed E-state index contributed by atoms with van der Waals surface area (Å²) in [6.07, 6.45) is 0. The van der Waals surface area contributed by atoms with Gasteiger partial charge in [-0.2, -0.15) is 5.26 Å². The highest BCUT2D eigenvalue weighted by molar-refractivity contribution is 6.13. The molecule has 0 radical (unpaired) electrons. The first-order valence-corrected chi connectivity index (χ1v) is 27.6. The van der Waals surface area contributed by atoms with Gasteiger partial charge in [0.2, 0.25) is 0 Å². The van der Waals surface area contributed by atoms with Gasteiger partial charge < -0.3 is 9.13 Å². The van der Waals surface area contributed by atoms with Crippen molar-refractivity contribution in [1.29, 1.82) is 5.26 Å². The Kier molecular flexibility index (Phi) is 12.5. The van der Waals surface area contributed by atoms with Gasteiger partial charge in [-0.1, -0.05) is 84.9 Å². The number of benzene rings is 7. The highest BCUT2D eigenvalue weighted by Gasteiger charge is 2.25. The molecule has 7 aromatic heterocycles. The summed E-state index contributed by atoms with van der Waals surface area (Å²) in [5.74, 6) is 7.81. The molecule has 0 unspecified atom stereocenters. The molecule has 0 atom stereocenters. The number of rotatable bonds is 9. The fourth-order valence-electron chi connectivity index (χ4n) is 11.4. The largest absolute Gasteiger partial charge is 0.309 e. The van der Waals surface area contributed by atoms with Gasteiger partial charge >= 0.3 is 0 Å². The van der Waals surface area contributed by atoms with Crippen molar-refractivity contribution in [2.75, 3.05) is 0 Å². The summed E-state index contributed by atoms with van der Waals surface area (Å²) < 4.78 is 4.32. The predicted molar refractivity (Wildman–Crippen MR) is 329 cm³/mol. The Labute approximate surface area is 491 Å². The van der Waals surface area contributed by atoms with Crippen molar-refractivity contribution in [3.05, 3.63) is 203 Å². The second-order valence-corrected chi connectivity index (χ2v) is 20.9. The minimum atomic E-state index is 0.266. The maximum atomic E-state index is 10.8. The van der Waals surface area contributed by atoms with Gasteiger partial charge in [0.1, 0.15) is 46.6 Å². The molecule has 410 valence electrons. The first-order chi connectivity index (χ1) is 41.7. The Balaban J connectivity index is 1.06. The smallest absolute Gasteiger partial charge is 0.188 e. The van der Waals surface area contributed by atoms with Gasteiger partial charge in [0.15, 0.2) is 46.5 Å². The van der Waals surface area contributed by atoms with E-state index in [4.69, 9.17) is 61.4 Å². The lowest BCUT2D eigenvalue weighted by molar-refractivity contribution is 0.928. The van der Waals surface area contributed by atoms with Gasteiger partial charge in [0.05, 0.1) is 51.6 Å². The van der Waals surface area contributed by atoms with E-state index in [9.17, 15) is 5.26 Å². The number of hydrogen-bond donors (Lipinski definition) is 0. The lowest BCUT2D eigenvalue weighted by Gasteiger charge is -2.17. The van der Waals surface area contributed by atoms with E-state index < -0.39 is 0 Å². The van der Waals surface area contributed by atoms with Crippen LogP contribution in [0, 0.1) is 73.3 Å². The molecular formula is C67H47N19. The van der Waals surface area contributed by atoms with Gasteiger partial charge in [0, 0.05) is 60.5 Å². The van der Waals surface area contributed by atoms with E-state index in [1.54, 1.807) is 12.1 Å². The summed E-state index contributed by atoms with van der Waals surface area (Å²) in [6, 6.07) is 47.9. The van der Waals surface area contributed by atoms with Gasteiger partial charge in [-0.15, -0.1) is 0 Å². The second-order valence-electron chi connectivity index (χ2n) is 20.9. The van der Waals surface area contributed by atoms with Crippen molar-refractivity contribution in [3.8, 4) is 97.2 Å². The maximum absolute atomic E-state index is 10.8. The van der Waals surface area contributed by atoms with Crippen LogP contribution < -0.4 is 0 Å². The van der Waals surface area contributed by atoms with Crippen LogP contribution in [0.25, 0.3) is 140 Å². The highest BCUT2D eigenvalue weighted by Crippen LogP contribution is 2.43. The minimum absolute atomic E-state index is 0.266. The molecule has 14 aromatic rings. The number of aryl methyl sites for hydroxylation is 8. The molecule has 0 aliphatic heterocycles. The molecule has 7 aromatic carbocycles. The summed E-state index contributed by atoms with van der Waals surface area (Å²) in [4.78, 5) is 76.1. The Morgan fingerprint density at radius 2 is 0.651 bits per heavy atom. The van der Waals surface area contributed by atoms with Crippen LogP contribution >= 0.6 is 0 Å². The lowest BCUT2D eigenvalue weighted by Crippen LogP contribution is -2.06. The summed E-state index contributed by atoms with van der Waals surface area (Å²) >= 11 is 0. The second kappa shape index (κ2) is 20.6. The summed E-state index contributed by atoms with van der Waals surface area (Å²) in [5.41, 5.74) is 10.2. The Morgan fingerprint density at radius 1 is 0.326 bits per heavy atom. The zero-order valence-corrected chi connectivity index (χ0v) is 47.8. The molecule has 0 N–H and O–H groups in total. The predicted octanol–water partition coefficient (Wildman–Crippen LogP) is 13.4. The first kappa shape index (κ1) is 52.3. The Hall–Kier alpha value is -11.8. The molecule has 0 aliphatic carbocycles. The molecule has 0 fully saturated rings. The molecule has 19 heteroatoms. The van der Waals surface area contributed by atoms with Crippen LogP contribution in [0.15, 0.2) is 140 Å². The molecule has 86 heavy (non-hydrogen) atoms. The van der Waals surface area contributed by atoms with Gasteiger partial charge in [-0.05, 0) is 110 Å². The van der Waals surface area contributed by atoms with Crippen LogP contribution in [-0.4, -0.2) is 83.9 Å². The number of nitrogens with zero attached hydrogens (tertiary/aromatic N) is 19. The number of hydrogen-bond acceptors (Lipinski definition) is 16. The third kappa shape index (κ3) is 9.31. The molecule has 0 aliphatic rings.